The predicted octanol–water partition coefficient (Wildman–Crippen LogP) is 1.68. The minimum Gasteiger partial charge on any atom is -0.375 e. The maximum absolute atomic E-state index is 5.95. The molecule has 0 aliphatic carbocycles. The molecule has 25 heavy (non-hydrogen) atoms. The Hall–Kier alpha value is -1.60. The van der Waals surface area contributed by atoms with Gasteiger partial charge in [0.2, 0.25) is 0 Å². The van der Waals surface area contributed by atoms with E-state index in [4.69, 9.17) is 19.0 Å². The first-order valence-electron chi connectivity index (χ1n) is 9.37. The van der Waals surface area contributed by atoms with Gasteiger partial charge >= 0.3 is 0 Å². The summed E-state index contributed by atoms with van der Waals surface area (Å²) in [7, 11) is 0. The zero-order chi connectivity index (χ0) is 17.6. The Morgan fingerprint density at radius 1 is 1.28 bits per heavy atom. The van der Waals surface area contributed by atoms with Crippen LogP contribution in [0.5, 0.6) is 0 Å². The van der Waals surface area contributed by atoms with E-state index < -0.39 is 0 Å². The van der Waals surface area contributed by atoms with Crippen LogP contribution in [-0.2, 0) is 15.9 Å². The summed E-state index contributed by atoms with van der Waals surface area (Å²) in [6.45, 7) is 10.9. The number of ether oxygens (including phenoxy) is 2. The third-order valence-electron chi connectivity index (χ3n) is 4.91. The minimum atomic E-state index is 0.141. The van der Waals surface area contributed by atoms with Crippen LogP contribution in [0.15, 0.2) is 9.52 Å². The molecule has 0 radical (unpaired) electrons. The molecule has 0 bridgehead atoms. The van der Waals surface area contributed by atoms with Gasteiger partial charge in [0.05, 0.1) is 18.4 Å². The van der Waals surface area contributed by atoms with Crippen LogP contribution in [0, 0.1) is 13.8 Å². The number of nitrogens with zero attached hydrogens (tertiary/aromatic N) is 3. The monoisotopic (exact) mass is 350 g/mol. The molecule has 0 amide bonds. The summed E-state index contributed by atoms with van der Waals surface area (Å²) in [5, 5.41) is 7.43. The van der Waals surface area contributed by atoms with Crippen molar-refractivity contribution >= 4 is 5.96 Å². The van der Waals surface area contributed by atoms with Crippen molar-refractivity contribution < 1.29 is 14.0 Å². The van der Waals surface area contributed by atoms with E-state index in [1.54, 1.807) is 0 Å². The van der Waals surface area contributed by atoms with Gasteiger partial charge in [-0.2, -0.15) is 0 Å². The normalized spacial score (nSPS) is 24.8. The highest BCUT2D eigenvalue weighted by Crippen LogP contribution is 2.21. The average molecular weight is 350 g/mol. The number of aliphatic imine (C=N–C) groups is 1. The second-order valence-electron chi connectivity index (χ2n) is 6.70. The summed E-state index contributed by atoms with van der Waals surface area (Å²) in [6, 6.07) is 0. The molecule has 3 heterocycles. The second-order valence-corrected chi connectivity index (χ2v) is 6.70. The quantitative estimate of drug-likeness (QED) is 0.643. The van der Waals surface area contributed by atoms with Crippen LogP contribution in [0.2, 0.25) is 0 Å². The van der Waals surface area contributed by atoms with Crippen molar-refractivity contribution in [1.82, 2.24) is 15.4 Å². The lowest BCUT2D eigenvalue weighted by Gasteiger charge is -2.37. The first-order valence-corrected chi connectivity index (χ1v) is 9.37. The zero-order valence-corrected chi connectivity index (χ0v) is 15.6. The number of aromatic nitrogens is 1. The number of guanidine groups is 1. The van der Waals surface area contributed by atoms with Crippen LogP contribution in [0.4, 0.5) is 0 Å². The van der Waals surface area contributed by atoms with E-state index in [0.29, 0.717) is 6.54 Å². The van der Waals surface area contributed by atoms with Crippen LogP contribution in [0.1, 0.15) is 36.8 Å². The molecular weight excluding hydrogens is 320 g/mol. The summed E-state index contributed by atoms with van der Waals surface area (Å²) in [5.41, 5.74) is 2.13. The van der Waals surface area contributed by atoms with Crippen molar-refractivity contribution in [2.24, 2.45) is 4.99 Å². The van der Waals surface area contributed by atoms with Crippen molar-refractivity contribution in [1.29, 1.82) is 0 Å². The topological polar surface area (TPSA) is 72.1 Å². The van der Waals surface area contributed by atoms with Crippen LogP contribution in [-0.4, -0.2) is 67.6 Å². The molecule has 0 aromatic carbocycles. The number of aryl methyl sites for hydroxylation is 2. The third kappa shape index (κ3) is 4.52. The molecule has 2 unspecified atom stereocenters. The number of hydrogen-bond acceptors (Lipinski definition) is 5. The number of rotatable bonds is 5. The van der Waals surface area contributed by atoms with Crippen LogP contribution in [0.3, 0.4) is 0 Å². The van der Waals surface area contributed by atoms with Gasteiger partial charge in [0.1, 0.15) is 11.9 Å². The maximum Gasteiger partial charge on any atom is 0.194 e. The van der Waals surface area contributed by atoms with Gasteiger partial charge in [0, 0.05) is 38.3 Å². The number of hydrogen-bond donors (Lipinski definition) is 1. The smallest absolute Gasteiger partial charge is 0.194 e. The van der Waals surface area contributed by atoms with Gasteiger partial charge in [-0.3, -0.25) is 4.99 Å². The molecule has 7 heteroatoms. The summed E-state index contributed by atoms with van der Waals surface area (Å²) in [4.78, 5) is 7.12. The summed E-state index contributed by atoms with van der Waals surface area (Å²) < 4.78 is 17.0. The average Bonchev–Trinajstić information content (AvgIpc) is 3.26. The van der Waals surface area contributed by atoms with Gasteiger partial charge < -0.3 is 24.2 Å². The molecule has 0 spiro atoms. The lowest BCUT2D eigenvalue weighted by atomic mass is 10.1. The minimum absolute atomic E-state index is 0.141. The Kier molecular flexibility index (Phi) is 6.31. The molecule has 1 aromatic rings. The third-order valence-corrected chi connectivity index (χ3v) is 4.91. The predicted molar refractivity (Wildman–Crippen MR) is 95.9 cm³/mol. The first-order chi connectivity index (χ1) is 12.2. The Morgan fingerprint density at radius 3 is 2.80 bits per heavy atom. The summed E-state index contributed by atoms with van der Waals surface area (Å²) >= 11 is 0. The molecule has 1 aromatic heterocycles. The van der Waals surface area contributed by atoms with E-state index in [2.05, 4.69) is 22.3 Å². The van der Waals surface area contributed by atoms with Crippen molar-refractivity contribution in [2.75, 3.05) is 39.4 Å². The molecule has 2 atom stereocenters. The Labute approximate surface area is 149 Å². The highest BCUT2D eigenvalue weighted by molar-refractivity contribution is 5.80. The highest BCUT2D eigenvalue weighted by Gasteiger charge is 2.32. The molecular formula is C18H30N4O3. The maximum atomic E-state index is 5.95. The Balaban J connectivity index is 1.60. The van der Waals surface area contributed by atoms with Crippen molar-refractivity contribution in [3.63, 3.8) is 0 Å². The van der Waals surface area contributed by atoms with Crippen LogP contribution >= 0.6 is 0 Å². The van der Waals surface area contributed by atoms with Crippen molar-refractivity contribution in [3.8, 4) is 0 Å². The molecule has 2 aliphatic heterocycles. The Morgan fingerprint density at radius 2 is 2.12 bits per heavy atom. The van der Waals surface area contributed by atoms with E-state index in [9.17, 15) is 0 Å². The molecule has 3 rings (SSSR count). The van der Waals surface area contributed by atoms with Crippen LogP contribution in [0.25, 0.3) is 0 Å². The lowest BCUT2D eigenvalue weighted by molar-refractivity contribution is -0.0817. The summed E-state index contributed by atoms with van der Waals surface area (Å²) in [5.74, 6) is 1.85. The van der Waals surface area contributed by atoms with Crippen molar-refractivity contribution in [3.05, 3.63) is 17.0 Å². The zero-order valence-electron chi connectivity index (χ0n) is 15.6. The molecule has 1 N–H and O–H groups in total. The van der Waals surface area contributed by atoms with E-state index in [1.807, 2.05) is 13.8 Å². The SMILES string of the molecule is CCNC(=NCCc1c(C)noc1C)N1CCOC(C2CCCO2)C1. The van der Waals surface area contributed by atoms with Gasteiger partial charge in [0.25, 0.3) is 0 Å². The lowest BCUT2D eigenvalue weighted by Crippen LogP contribution is -2.53. The standard InChI is InChI=1S/C18H30N4O3/c1-4-19-18(20-8-7-15-13(2)21-25-14(15)3)22-9-11-24-17(12-22)16-6-5-10-23-16/h16-17H,4-12H2,1-3H3,(H,19,20). The molecule has 140 valence electrons. The molecule has 0 saturated carbocycles. The van der Waals surface area contributed by atoms with Gasteiger partial charge in [-0.25, -0.2) is 0 Å². The molecule has 7 nitrogen and oxygen atoms in total. The van der Waals surface area contributed by atoms with Crippen LogP contribution < -0.4 is 5.32 Å². The fourth-order valence-electron chi connectivity index (χ4n) is 3.55. The van der Waals surface area contributed by atoms with Gasteiger partial charge in [-0.15, -0.1) is 0 Å². The largest absolute Gasteiger partial charge is 0.375 e. The van der Waals surface area contributed by atoms with Crippen molar-refractivity contribution in [2.45, 2.75) is 52.2 Å². The van der Waals surface area contributed by atoms with E-state index in [1.165, 1.54) is 5.56 Å². The molecule has 2 fully saturated rings. The second kappa shape index (κ2) is 8.67. The van der Waals surface area contributed by atoms with E-state index in [-0.39, 0.29) is 12.2 Å². The fourth-order valence-corrected chi connectivity index (χ4v) is 3.55. The Bertz CT molecular complexity index is 561. The molecule has 2 aliphatic rings. The fraction of sp³-hybridized carbons (Fsp3) is 0.778. The first kappa shape index (κ1) is 18.2. The summed E-state index contributed by atoms with van der Waals surface area (Å²) in [6.07, 6.45) is 3.44. The van der Waals surface area contributed by atoms with E-state index >= 15 is 0 Å². The van der Waals surface area contributed by atoms with Gasteiger partial charge in [0.15, 0.2) is 5.96 Å². The van der Waals surface area contributed by atoms with Gasteiger partial charge in [-0.05, 0) is 40.0 Å². The number of nitrogens with one attached hydrogen (secondary N) is 1. The highest BCUT2D eigenvalue weighted by atomic mass is 16.5. The number of morpholine rings is 1. The molecule has 2 saturated heterocycles. The van der Waals surface area contributed by atoms with Gasteiger partial charge in [-0.1, -0.05) is 5.16 Å². The van der Waals surface area contributed by atoms with E-state index in [0.717, 1.165) is 69.5 Å².